The molecule has 4 aromatic rings. The largest absolute Gasteiger partial charge is 0.371 e. The van der Waals surface area contributed by atoms with Crippen molar-refractivity contribution in [3.05, 3.63) is 57.7 Å². The van der Waals surface area contributed by atoms with Crippen molar-refractivity contribution in [2.24, 2.45) is 18.9 Å². The van der Waals surface area contributed by atoms with Gasteiger partial charge in [0.25, 0.3) is 5.56 Å². The van der Waals surface area contributed by atoms with Crippen LogP contribution in [0.15, 0.2) is 39.9 Å². The number of piperidine rings is 1. The Bertz CT molecular complexity index is 1320. The topological polar surface area (TPSA) is 108 Å². The third kappa shape index (κ3) is 2.71. The van der Waals surface area contributed by atoms with Crippen LogP contribution < -0.4 is 10.5 Å². The molecule has 6 rings (SSSR count). The Morgan fingerprint density at radius 1 is 1.27 bits per heavy atom. The van der Waals surface area contributed by atoms with Gasteiger partial charge in [-0.3, -0.25) is 9.36 Å². The molecule has 0 N–H and O–H groups in total. The summed E-state index contributed by atoms with van der Waals surface area (Å²) in [5.74, 6) is 2.43. The van der Waals surface area contributed by atoms with E-state index in [-0.39, 0.29) is 12.1 Å². The van der Waals surface area contributed by atoms with Crippen molar-refractivity contribution < 1.29 is 4.52 Å². The zero-order chi connectivity index (χ0) is 20.4. The molecule has 0 radical (unpaired) electrons. The Hall–Kier alpha value is -3.27. The van der Waals surface area contributed by atoms with Gasteiger partial charge in [0.05, 0.1) is 0 Å². The van der Waals surface area contributed by atoms with Crippen LogP contribution in [0.5, 0.6) is 0 Å². The molecule has 30 heavy (non-hydrogen) atoms. The summed E-state index contributed by atoms with van der Waals surface area (Å²) in [6.07, 6.45) is 1.43. The van der Waals surface area contributed by atoms with Gasteiger partial charge in [-0.05, 0) is 30.0 Å². The number of hydrogen-bond acceptors (Lipinski definition) is 8. The molecule has 2 aliphatic rings. The first kappa shape index (κ1) is 17.6. The van der Waals surface area contributed by atoms with E-state index in [1.54, 1.807) is 7.05 Å². The predicted molar refractivity (Wildman–Crippen MR) is 107 cm³/mol. The Balaban J connectivity index is 1.17. The highest BCUT2D eigenvalue weighted by Crippen LogP contribution is 2.57. The molecule has 0 spiro atoms. The van der Waals surface area contributed by atoms with Crippen molar-refractivity contribution in [2.75, 3.05) is 18.0 Å². The average Bonchev–Trinajstić information content (AvgIpc) is 3.16. The first-order chi connectivity index (χ1) is 14.6. The minimum absolute atomic E-state index is 0.163. The molecule has 2 fully saturated rings. The van der Waals surface area contributed by atoms with Gasteiger partial charge in [0.15, 0.2) is 11.3 Å². The van der Waals surface area contributed by atoms with Crippen molar-refractivity contribution in [3.63, 3.8) is 0 Å². The molecule has 1 saturated carbocycles. The summed E-state index contributed by atoms with van der Waals surface area (Å²) in [6, 6.07) is 7.93. The molecule has 1 saturated heterocycles. The van der Waals surface area contributed by atoms with E-state index in [0.717, 1.165) is 29.6 Å². The summed E-state index contributed by atoms with van der Waals surface area (Å²) in [6.45, 7) is 2.07. The van der Waals surface area contributed by atoms with Gasteiger partial charge >= 0.3 is 0 Å². The van der Waals surface area contributed by atoms with Crippen molar-refractivity contribution in [1.82, 2.24) is 34.7 Å². The number of halogens is 1. The molecule has 3 aromatic heterocycles. The SMILES string of the molecule is Cn1nnc2ncn(Cc3nc(C4C5CN(c6cccc(Cl)c6)CC54)no3)c(=O)c21. The summed E-state index contributed by atoms with van der Waals surface area (Å²) >= 11 is 6.11. The lowest BCUT2D eigenvalue weighted by molar-refractivity contribution is 0.363. The molecule has 0 amide bonds. The Morgan fingerprint density at radius 2 is 2.10 bits per heavy atom. The number of rotatable bonds is 4. The molecule has 11 heteroatoms. The Labute approximate surface area is 175 Å². The normalized spacial score (nSPS) is 22.6. The third-order valence-corrected chi connectivity index (χ3v) is 6.28. The van der Waals surface area contributed by atoms with Crippen LogP contribution in [0.4, 0.5) is 5.69 Å². The van der Waals surface area contributed by atoms with Crippen LogP contribution in [0.1, 0.15) is 17.6 Å². The Kier molecular flexibility index (Phi) is 3.73. The molecule has 4 heterocycles. The first-order valence-corrected chi connectivity index (χ1v) is 10.0. The predicted octanol–water partition coefficient (Wildman–Crippen LogP) is 1.46. The van der Waals surface area contributed by atoms with Crippen molar-refractivity contribution in [2.45, 2.75) is 12.5 Å². The van der Waals surface area contributed by atoms with Crippen LogP contribution in [-0.2, 0) is 13.6 Å². The van der Waals surface area contributed by atoms with Gasteiger partial charge in [-0.2, -0.15) is 4.98 Å². The number of benzene rings is 1. The summed E-state index contributed by atoms with van der Waals surface area (Å²) in [7, 11) is 1.66. The van der Waals surface area contributed by atoms with Crippen LogP contribution >= 0.6 is 11.6 Å². The van der Waals surface area contributed by atoms with Gasteiger partial charge in [-0.1, -0.05) is 28.0 Å². The summed E-state index contributed by atoms with van der Waals surface area (Å²) in [5.41, 5.74) is 1.57. The summed E-state index contributed by atoms with van der Waals surface area (Å²) < 4.78 is 8.27. The Morgan fingerprint density at radius 3 is 2.90 bits per heavy atom. The van der Waals surface area contributed by atoms with Crippen LogP contribution in [0.25, 0.3) is 11.2 Å². The van der Waals surface area contributed by atoms with E-state index in [4.69, 9.17) is 16.1 Å². The molecule has 2 unspecified atom stereocenters. The lowest BCUT2D eigenvalue weighted by Crippen LogP contribution is -2.23. The monoisotopic (exact) mass is 424 g/mol. The maximum atomic E-state index is 12.6. The fourth-order valence-corrected chi connectivity index (χ4v) is 4.68. The summed E-state index contributed by atoms with van der Waals surface area (Å²) in [4.78, 5) is 23.7. The lowest BCUT2D eigenvalue weighted by atomic mass is 10.2. The quantitative estimate of drug-likeness (QED) is 0.484. The molecule has 0 bridgehead atoms. The minimum atomic E-state index is -0.243. The van der Waals surface area contributed by atoms with Gasteiger partial charge in [0, 0.05) is 36.8 Å². The van der Waals surface area contributed by atoms with E-state index in [1.807, 2.05) is 18.2 Å². The zero-order valence-electron chi connectivity index (χ0n) is 16.0. The van der Waals surface area contributed by atoms with Gasteiger partial charge in [-0.25, -0.2) is 9.67 Å². The number of nitrogens with zero attached hydrogens (tertiary/aromatic N) is 8. The first-order valence-electron chi connectivity index (χ1n) is 9.66. The standard InChI is InChI=1S/C19H17ClN8O2/c1-26-16-18(23-25-26)21-9-28(19(16)29)8-14-22-17(24-30-14)15-12-6-27(7-13(12)15)11-4-2-3-10(20)5-11/h2-5,9,12-13,15H,6-8H2,1H3. The molecular weight excluding hydrogens is 408 g/mol. The van der Waals surface area contributed by atoms with Crippen LogP contribution in [-0.4, -0.2) is 47.8 Å². The molecule has 1 aliphatic heterocycles. The highest BCUT2D eigenvalue weighted by atomic mass is 35.5. The molecule has 2 atom stereocenters. The smallest absolute Gasteiger partial charge is 0.281 e. The highest BCUT2D eigenvalue weighted by Gasteiger charge is 2.58. The van der Waals surface area contributed by atoms with E-state index in [0.29, 0.717) is 34.8 Å². The fraction of sp³-hybridized carbons (Fsp3) is 0.368. The van der Waals surface area contributed by atoms with Gasteiger partial charge in [0.2, 0.25) is 11.5 Å². The molecular formula is C19H17ClN8O2. The second kappa shape index (κ2) is 6.36. The average molecular weight is 425 g/mol. The molecule has 1 aliphatic carbocycles. The van der Waals surface area contributed by atoms with E-state index < -0.39 is 0 Å². The van der Waals surface area contributed by atoms with E-state index in [1.165, 1.54) is 15.6 Å². The second-order valence-electron chi connectivity index (χ2n) is 7.85. The zero-order valence-corrected chi connectivity index (χ0v) is 16.8. The maximum Gasteiger partial charge on any atom is 0.281 e. The molecule has 152 valence electrons. The fourth-order valence-electron chi connectivity index (χ4n) is 4.50. The molecule has 10 nitrogen and oxygen atoms in total. The van der Waals surface area contributed by atoms with E-state index >= 15 is 0 Å². The van der Waals surface area contributed by atoms with E-state index in [2.05, 4.69) is 36.4 Å². The number of aryl methyl sites for hydroxylation is 1. The minimum Gasteiger partial charge on any atom is -0.371 e. The van der Waals surface area contributed by atoms with Crippen molar-refractivity contribution in [1.29, 1.82) is 0 Å². The van der Waals surface area contributed by atoms with Crippen LogP contribution in [0.2, 0.25) is 5.02 Å². The van der Waals surface area contributed by atoms with Gasteiger partial charge in [0.1, 0.15) is 12.9 Å². The maximum absolute atomic E-state index is 12.6. The number of fused-ring (bicyclic) bond motifs is 2. The van der Waals surface area contributed by atoms with Crippen molar-refractivity contribution >= 4 is 28.5 Å². The molecule has 1 aromatic carbocycles. The van der Waals surface area contributed by atoms with Gasteiger partial charge in [-0.15, -0.1) is 5.10 Å². The van der Waals surface area contributed by atoms with Crippen molar-refractivity contribution in [3.8, 4) is 0 Å². The van der Waals surface area contributed by atoms with E-state index in [9.17, 15) is 4.79 Å². The lowest BCUT2D eigenvalue weighted by Gasteiger charge is -2.21. The highest BCUT2D eigenvalue weighted by molar-refractivity contribution is 6.30. The number of aromatic nitrogens is 7. The number of hydrogen-bond donors (Lipinski definition) is 0. The second-order valence-corrected chi connectivity index (χ2v) is 8.28. The van der Waals surface area contributed by atoms with Crippen LogP contribution in [0.3, 0.4) is 0 Å². The van der Waals surface area contributed by atoms with Crippen LogP contribution in [0, 0.1) is 11.8 Å². The summed E-state index contributed by atoms with van der Waals surface area (Å²) in [5, 5.41) is 12.6. The number of anilines is 1. The third-order valence-electron chi connectivity index (χ3n) is 6.05. The van der Waals surface area contributed by atoms with Gasteiger partial charge < -0.3 is 9.42 Å².